The molecule has 0 saturated carbocycles. The number of hydrogen-bond donors (Lipinski definition) is 0. The SMILES string of the molecule is CCC(=O)c1cnc2c(OC)ccc(OC)c2c1. The minimum absolute atomic E-state index is 0.0641. The van der Waals surface area contributed by atoms with Crippen LogP contribution in [0.25, 0.3) is 10.9 Å². The summed E-state index contributed by atoms with van der Waals surface area (Å²) in [6.07, 6.45) is 2.04. The summed E-state index contributed by atoms with van der Waals surface area (Å²) in [5.41, 5.74) is 1.29. The van der Waals surface area contributed by atoms with Crippen LogP contribution in [0, 0.1) is 0 Å². The molecule has 18 heavy (non-hydrogen) atoms. The molecule has 1 heterocycles. The van der Waals surface area contributed by atoms with Gasteiger partial charge in [-0.05, 0) is 18.2 Å². The minimum atomic E-state index is 0.0641. The van der Waals surface area contributed by atoms with Crippen LogP contribution in [-0.4, -0.2) is 25.0 Å². The molecule has 0 aliphatic carbocycles. The molecule has 0 unspecified atom stereocenters. The van der Waals surface area contributed by atoms with Crippen LogP contribution in [0.2, 0.25) is 0 Å². The molecule has 0 fully saturated rings. The van der Waals surface area contributed by atoms with Crippen LogP contribution in [0.3, 0.4) is 0 Å². The molecule has 4 nitrogen and oxygen atoms in total. The largest absolute Gasteiger partial charge is 0.496 e. The number of aromatic nitrogens is 1. The smallest absolute Gasteiger partial charge is 0.164 e. The van der Waals surface area contributed by atoms with Crippen molar-refractivity contribution in [2.24, 2.45) is 0 Å². The van der Waals surface area contributed by atoms with Crippen molar-refractivity contribution in [3.8, 4) is 11.5 Å². The summed E-state index contributed by atoms with van der Waals surface area (Å²) in [6, 6.07) is 5.41. The van der Waals surface area contributed by atoms with Gasteiger partial charge in [0.05, 0.1) is 14.2 Å². The zero-order valence-electron chi connectivity index (χ0n) is 10.7. The second kappa shape index (κ2) is 5.04. The van der Waals surface area contributed by atoms with Gasteiger partial charge in [-0.3, -0.25) is 9.78 Å². The Kier molecular flexibility index (Phi) is 3.46. The van der Waals surface area contributed by atoms with Crippen molar-refractivity contribution in [2.45, 2.75) is 13.3 Å². The number of methoxy groups -OCH3 is 2. The molecule has 0 bridgehead atoms. The van der Waals surface area contributed by atoms with E-state index < -0.39 is 0 Å². The first kappa shape index (κ1) is 12.4. The fourth-order valence-corrected chi connectivity index (χ4v) is 1.87. The van der Waals surface area contributed by atoms with E-state index in [2.05, 4.69) is 4.98 Å². The second-order valence-electron chi connectivity index (χ2n) is 3.87. The van der Waals surface area contributed by atoms with Gasteiger partial charge in [0, 0.05) is 23.6 Å². The summed E-state index contributed by atoms with van der Waals surface area (Å²) in [5, 5.41) is 0.788. The molecular weight excluding hydrogens is 230 g/mol. The van der Waals surface area contributed by atoms with Gasteiger partial charge >= 0.3 is 0 Å². The topological polar surface area (TPSA) is 48.4 Å². The molecule has 4 heteroatoms. The van der Waals surface area contributed by atoms with Gasteiger partial charge in [-0.15, -0.1) is 0 Å². The Labute approximate surface area is 106 Å². The van der Waals surface area contributed by atoms with Crippen molar-refractivity contribution in [1.29, 1.82) is 0 Å². The van der Waals surface area contributed by atoms with Crippen LogP contribution < -0.4 is 9.47 Å². The number of ether oxygens (including phenoxy) is 2. The average molecular weight is 245 g/mol. The molecule has 1 aromatic heterocycles. The average Bonchev–Trinajstić information content (AvgIpc) is 2.44. The molecule has 0 N–H and O–H groups in total. The van der Waals surface area contributed by atoms with E-state index in [1.807, 2.05) is 13.0 Å². The third kappa shape index (κ3) is 2.01. The Hall–Kier alpha value is -2.10. The van der Waals surface area contributed by atoms with Crippen molar-refractivity contribution in [3.63, 3.8) is 0 Å². The maximum Gasteiger partial charge on any atom is 0.164 e. The third-order valence-corrected chi connectivity index (χ3v) is 2.86. The first-order valence-electron chi connectivity index (χ1n) is 5.75. The predicted octanol–water partition coefficient (Wildman–Crippen LogP) is 2.84. The van der Waals surface area contributed by atoms with Crippen LogP contribution in [0.15, 0.2) is 24.4 Å². The lowest BCUT2D eigenvalue weighted by molar-refractivity contribution is 0.0988. The standard InChI is InChI=1S/C14H15NO3/c1-4-11(16)9-7-10-12(17-2)5-6-13(18-3)14(10)15-8-9/h5-8H,4H2,1-3H3. The van der Waals surface area contributed by atoms with Gasteiger partial charge in [-0.1, -0.05) is 6.92 Å². The molecule has 0 amide bonds. The van der Waals surface area contributed by atoms with Crippen LogP contribution in [0.1, 0.15) is 23.7 Å². The highest BCUT2D eigenvalue weighted by molar-refractivity contribution is 6.00. The fraction of sp³-hybridized carbons (Fsp3) is 0.286. The van der Waals surface area contributed by atoms with Gasteiger partial charge in [0.15, 0.2) is 5.78 Å². The van der Waals surface area contributed by atoms with E-state index in [0.717, 1.165) is 5.39 Å². The maximum absolute atomic E-state index is 11.7. The van der Waals surface area contributed by atoms with E-state index in [1.54, 1.807) is 32.5 Å². The lowest BCUT2D eigenvalue weighted by Crippen LogP contribution is -1.99. The van der Waals surface area contributed by atoms with E-state index in [1.165, 1.54) is 0 Å². The van der Waals surface area contributed by atoms with Gasteiger partial charge in [-0.2, -0.15) is 0 Å². The number of fused-ring (bicyclic) bond motifs is 1. The molecule has 0 spiro atoms. The summed E-state index contributed by atoms with van der Waals surface area (Å²) >= 11 is 0. The Morgan fingerprint density at radius 2 is 1.89 bits per heavy atom. The monoisotopic (exact) mass is 245 g/mol. The number of rotatable bonds is 4. The molecule has 0 aliphatic heterocycles. The summed E-state index contributed by atoms with van der Waals surface area (Å²) in [7, 11) is 3.18. The summed E-state index contributed by atoms with van der Waals surface area (Å²) < 4.78 is 10.5. The first-order valence-corrected chi connectivity index (χ1v) is 5.75. The highest BCUT2D eigenvalue weighted by Gasteiger charge is 2.11. The molecule has 2 aromatic rings. The van der Waals surface area contributed by atoms with Gasteiger partial charge in [-0.25, -0.2) is 0 Å². The molecule has 1 aromatic carbocycles. The quantitative estimate of drug-likeness (QED) is 0.777. The number of pyridine rings is 1. The van der Waals surface area contributed by atoms with Crippen LogP contribution >= 0.6 is 0 Å². The molecule has 0 aliphatic rings. The second-order valence-corrected chi connectivity index (χ2v) is 3.87. The molecule has 0 saturated heterocycles. The molecule has 0 radical (unpaired) electrons. The van der Waals surface area contributed by atoms with Crippen molar-refractivity contribution in [2.75, 3.05) is 14.2 Å². The number of Topliss-reactive ketones (excluding diaryl/α,β-unsaturated/α-hetero) is 1. The van der Waals surface area contributed by atoms with E-state index in [0.29, 0.717) is 29.0 Å². The highest BCUT2D eigenvalue weighted by Crippen LogP contribution is 2.32. The molecular formula is C14H15NO3. The predicted molar refractivity (Wildman–Crippen MR) is 69.5 cm³/mol. The van der Waals surface area contributed by atoms with Gasteiger partial charge < -0.3 is 9.47 Å². The van der Waals surface area contributed by atoms with E-state index >= 15 is 0 Å². The molecule has 94 valence electrons. The summed E-state index contributed by atoms with van der Waals surface area (Å²) in [6.45, 7) is 1.83. The van der Waals surface area contributed by atoms with Gasteiger partial charge in [0.25, 0.3) is 0 Å². The Morgan fingerprint density at radius 1 is 1.22 bits per heavy atom. The van der Waals surface area contributed by atoms with Crippen molar-refractivity contribution >= 4 is 16.7 Å². The fourth-order valence-electron chi connectivity index (χ4n) is 1.87. The van der Waals surface area contributed by atoms with Crippen molar-refractivity contribution in [1.82, 2.24) is 4.98 Å². The maximum atomic E-state index is 11.7. The number of ketones is 1. The summed E-state index contributed by atoms with van der Waals surface area (Å²) in [4.78, 5) is 16.0. The van der Waals surface area contributed by atoms with Crippen LogP contribution in [-0.2, 0) is 0 Å². The van der Waals surface area contributed by atoms with Gasteiger partial charge in [0.1, 0.15) is 17.0 Å². The lowest BCUT2D eigenvalue weighted by Gasteiger charge is -2.09. The Morgan fingerprint density at radius 3 is 2.50 bits per heavy atom. The number of carbonyl (C=O) groups excluding carboxylic acids is 1. The number of hydrogen-bond acceptors (Lipinski definition) is 4. The highest BCUT2D eigenvalue weighted by atomic mass is 16.5. The molecule has 0 atom stereocenters. The summed E-state index contributed by atoms with van der Waals surface area (Å²) in [5.74, 6) is 1.42. The third-order valence-electron chi connectivity index (χ3n) is 2.86. The number of benzene rings is 1. The van der Waals surface area contributed by atoms with Crippen molar-refractivity contribution in [3.05, 3.63) is 30.0 Å². The van der Waals surface area contributed by atoms with Crippen molar-refractivity contribution < 1.29 is 14.3 Å². The van der Waals surface area contributed by atoms with E-state index in [9.17, 15) is 4.79 Å². The van der Waals surface area contributed by atoms with E-state index in [4.69, 9.17) is 9.47 Å². The lowest BCUT2D eigenvalue weighted by atomic mass is 10.1. The zero-order valence-corrected chi connectivity index (χ0v) is 10.7. The zero-order chi connectivity index (χ0) is 13.1. The van der Waals surface area contributed by atoms with Crippen LogP contribution in [0.5, 0.6) is 11.5 Å². The van der Waals surface area contributed by atoms with Gasteiger partial charge in [0.2, 0.25) is 0 Å². The van der Waals surface area contributed by atoms with Crippen LogP contribution in [0.4, 0.5) is 0 Å². The Bertz CT molecular complexity index is 593. The molecule has 2 rings (SSSR count). The number of carbonyl (C=O) groups is 1. The Balaban J connectivity index is 2.70. The normalized spacial score (nSPS) is 10.4. The first-order chi connectivity index (χ1) is 8.71. The minimum Gasteiger partial charge on any atom is -0.496 e. The van der Waals surface area contributed by atoms with E-state index in [-0.39, 0.29) is 5.78 Å². The number of nitrogens with zero attached hydrogens (tertiary/aromatic N) is 1.